The number of sulfone groups is 1. The third-order valence-electron chi connectivity index (χ3n) is 6.37. The van der Waals surface area contributed by atoms with E-state index >= 15 is 0 Å². The molecule has 6 rings (SSSR count). The highest BCUT2D eigenvalue weighted by Gasteiger charge is 2.24. The molecule has 0 saturated heterocycles. The maximum absolute atomic E-state index is 13.6. The summed E-state index contributed by atoms with van der Waals surface area (Å²) in [5, 5.41) is 3.61. The van der Waals surface area contributed by atoms with E-state index in [1.807, 2.05) is 17.0 Å². The number of aromatic nitrogens is 3. The van der Waals surface area contributed by atoms with E-state index in [4.69, 9.17) is 14.5 Å². The fraction of sp³-hybridized carbons (Fsp3) is 0.231. The van der Waals surface area contributed by atoms with Crippen LogP contribution in [0.5, 0.6) is 5.75 Å². The summed E-state index contributed by atoms with van der Waals surface area (Å²) in [5.41, 5.74) is 2.02. The predicted molar refractivity (Wildman–Crippen MR) is 136 cm³/mol. The molecule has 0 fully saturated rings. The number of halogens is 1. The van der Waals surface area contributed by atoms with Gasteiger partial charge < -0.3 is 19.7 Å². The second kappa shape index (κ2) is 9.62. The van der Waals surface area contributed by atoms with Crippen molar-refractivity contribution in [2.45, 2.75) is 18.0 Å². The van der Waals surface area contributed by atoms with E-state index in [0.29, 0.717) is 47.3 Å². The molecule has 194 valence electrons. The van der Waals surface area contributed by atoms with Crippen LogP contribution in [0.4, 0.5) is 16.0 Å². The molecule has 0 atom stereocenters. The lowest BCUT2D eigenvalue weighted by molar-refractivity contribution is 0.0950. The summed E-state index contributed by atoms with van der Waals surface area (Å²) in [6.45, 7) is 1.29. The quantitative estimate of drug-likeness (QED) is 0.420. The van der Waals surface area contributed by atoms with Crippen LogP contribution in [0.3, 0.4) is 0 Å². The number of benzene rings is 1. The van der Waals surface area contributed by atoms with Crippen LogP contribution in [0.2, 0.25) is 0 Å². The third kappa shape index (κ3) is 4.63. The van der Waals surface area contributed by atoms with Crippen molar-refractivity contribution >= 4 is 38.3 Å². The minimum Gasteiger partial charge on any atom is -0.488 e. The van der Waals surface area contributed by atoms with Crippen molar-refractivity contribution in [2.24, 2.45) is 0 Å². The molecule has 12 heteroatoms. The Bertz CT molecular complexity index is 1680. The Kier molecular flexibility index (Phi) is 6.12. The van der Waals surface area contributed by atoms with Gasteiger partial charge in [0.2, 0.25) is 0 Å². The average Bonchev–Trinajstić information content (AvgIpc) is 3.08. The first kappa shape index (κ1) is 24.2. The van der Waals surface area contributed by atoms with Crippen molar-refractivity contribution in [1.82, 2.24) is 20.3 Å². The van der Waals surface area contributed by atoms with E-state index in [0.717, 1.165) is 11.6 Å². The molecule has 3 aromatic heterocycles. The number of carbonyl (C=O) groups excluding carboxylic acids is 1. The fourth-order valence-corrected chi connectivity index (χ4v) is 5.82. The van der Waals surface area contributed by atoms with Crippen LogP contribution in [0.25, 0.3) is 10.9 Å². The Balaban J connectivity index is 1.22. The van der Waals surface area contributed by atoms with Crippen molar-refractivity contribution < 1.29 is 27.1 Å². The molecule has 5 heterocycles. The number of ether oxygens (including phenoxy) is 2. The fourth-order valence-electron chi connectivity index (χ4n) is 4.43. The molecule has 2 aliphatic heterocycles. The number of fused-ring (bicyclic) bond motifs is 3. The molecule has 1 amide bonds. The minimum atomic E-state index is -3.52. The molecule has 38 heavy (non-hydrogen) atoms. The Morgan fingerprint density at radius 3 is 2.87 bits per heavy atom. The van der Waals surface area contributed by atoms with Gasteiger partial charge in [-0.05, 0) is 35.9 Å². The highest BCUT2D eigenvalue weighted by Crippen LogP contribution is 2.34. The first-order valence-electron chi connectivity index (χ1n) is 11.9. The van der Waals surface area contributed by atoms with Gasteiger partial charge in [-0.2, -0.15) is 0 Å². The SMILES string of the molecule is O=C(NCc1cc2nc(N3CCOc4cc(F)cnc43)ccc2cn1)c1ccc2c(c1)S(=O)(=O)CCOC2. The average molecular weight is 536 g/mol. The Morgan fingerprint density at radius 2 is 1.97 bits per heavy atom. The summed E-state index contributed by atoms with van der Waals surface area (Å²) >= 11 is 0. The molecule has 0 saturated carbocycles. The molecule has 1 aromatic carbocycles. The largest absolute Gasteiger partial charge is 0.488 e. The lowest BCUT2D eigenvalue weighted by atomic mass is 10.1. The van der Waals surface area contributed by atoms with Crippen LogP contribution in [0.15, 0.2) is 59.8 Å². The van der Waals surface area contributed by atoms with Gasteiger partial charge in [-0.3, -0.25) is 9.78 Å². The summed E-state index contributed by atoms with van der Waals surface area (Å²) in [5.74, 6) is 0.452. The molecule has 0 spiro atoms. The van der Waals surface area contributed by atoms with Crippen LogP contribution in [-0.4, -0.2) is 54.8 Å². The summed E-state index contributed by atoms with van der Waals surface area (Å²) in [7, 11) is -3.52. The van der Waals surface area contributed by atoms with Gasteiger partial charge in [-0.25, -0.2) is 22.8 Å². The molecule has 10 nitrogen and oxygen atoms in total. The van der Waals surface area contributed by atoms with Gasteiger partial charge in [0.05, 0.1) is 54.4 Å². The lowest BCUT2D eigenvalue weighted by Gasteiger charge is -2.29. The molecular formula is C26H22FN5O5S. The molecule has 4 aromatic rings. The zero-order valence-corrected chi connectivity index (χ0v) is 20.9. The van der Waals surface area contributed by atoms with Gasteiger partial charge in [0.15, 0.2) is 21.4 Å². The zero-order valence-electron chi connectivity index (χ0n) is 20.1. The summed E-state index contributed by atoms with van der Waals surface area (Å²) in [6, 6.07) is 11.4. The first-order chi connectivity index (χ1) is 18.4. The minimum absolute atomic E-state index is 0.120. The van der Waals surface area contributed by atoms with Gasteiger partial charge in [0, 0.05) is 23.2 Å². The highest BCUT2D eigenvalue weighted by molar-refractivity contribution is 7.91. The molecule has 0 radical (unpaired) electrons. The zero-order chi connectivity index (χ0) is 26.3. The summed E-state index contributed by atoms with van der Waals surface area (Å²) < 4.78 is 49.6. The number of hydrogen-bond donors (Lipinski definition) is 1. The highest BCUT2D eigenvalue weighted by atomic mass is 32.2. The molecule has 0 aliphatic carbocycles. The van der Waals surface area contributed by atoms with E-state index in [-0.39, 0.29) is 36.0 Å². The number of anilines is 2. The van der Waals surface area contributed by atoms with Crippen molar-refractivity contribution in [3.63, 3.8) is 0 Å². The summed E-state index contributed by atoms with van der Waals surface area (Å²) in [4.78, 5) is 28.2. The predicted octanol–water partition coefficient (Wildman–Crippen LogP) is 2.93. The van der Waals surface area contributed by atoms with Crippen LogP contribution >= 0.6 is 0 Å². The monoisotopic (exact) mass is 535 g/mol. The topological polar surface area (TPSA) is 124 Å². The number of nitrogens with zero attached hydrogens (tertiary/aromatic N) is 4. The van der Waals surface area contributed by atoms with Crippen molar-refractivity contribution in [2.75, 3.05) is 30.4 Å². The molecule has 0 unspecified atom stereocenters. The second-order valence-electron chi connectivity index (χ2n) is 8.89. The van der Waals surface area contributed by atoms with Gasteiger partial charge in [0.1, 0.15) is 18.2 Å². The number of nitrogens with one attached hydrogen (secondary N) is 1. The van der Waals surface area contributed by atoms with Gasteiger partial charge in [0.25, 0.3) is 5.91 Å². The molecule has 0 bridgehead atoms. The standard InChI is InChI=1S/C26H22FN5O5S/c27-19-10-22-25(29-13-19)32(5-6-37-22)24-4-3-17-12-28-20(11-21(17)31-24)14-30-26(33)16-1-2-18-15-36-7-8-38(34,35)23(18)9-16/h1-4,9-13H,5-8,14-15H2,(H,30,33). The van der Waals surface area contributed by atoms with Gasteiger partial charge in [-0.15, -0.1) is 0 Å². The second-order valence-corrected chi connectivity index (χ2v) is 11.0. The first-order valence-corrected chi connectivity index (χ1v) is 13.6. The smallest absolute Gasteiger partial charge is 0.251 e. The maximum Gasteiger partial charge on any atom is 0.251 e. The van der Waals surface area contributed by atoms with E-state index < -0.39 is 21.6 Å². The van der Waals surface area contributed by atoms with E-state index in [1.165, 1.54) is 12.1 Å². The molecule has 1 N–H and O–H groups in total. The van der Waals surface area contributed by atoms with Crippen molar-refractivity contribution in [1.29, 1.82) is 0 Å². The third-order valence-corrected chi connectivity index (χ3v) is 8.12. The number of pyridine rings is 3. The normalized spacial score (nSPS) is 16.2. The van der Waals surface area contributed by atoms with E-state index in [1.54, 1.807) is 24.4 Å². The lowest BCUT2D eigenvalue weighted by Crippen LogP contribution is -2.30. The van der Waals surface area contributed by atoms with Crippen LogP contribution in [-0.2, 0) is 27.7 Å². The van der Waals surface area contributed by atoms with Crippen LogP contribution in [0.1, 0.15) is 21.6 Å². The number of carbonyl (C=O) groups is 1. The van der Waals surface area contributed by atoms with Gasteiger partial charge >= 0.3 is 0 Å². The van der Waals surface area contributed by atoms with E-state index in [2.05, 4.69) is 15.3 Å². The van der Waals surface area contributed by atoms with Gasteiger partial charge in [-0.1, -0.05) is 6.07 Å². The van der Waals surface area contributed by atoms with Crippen LogP contribution < -0.4 is 15.0 Å². The Hall–Kier alpha value is -4.16. The Morgan fingerprint density at radius 1 is 1.08 bits per heavy atom. The summed E-state index contributed by atoms with van der Waals surface area (Å²) in [6.07, 6.45) is 2.81. The number of amides is 1. The number of hydrogen-bond acceptors (Lipinski definition) is 9. The van der Waals surface area contributed by atoms with Crippen LogP contribution in [0, 0.1) is 5.82 Å². The van der Waals surface area contributed by atoms with E-state index in [9.17, 15) is 17.6 Å². The maximum atomic E-state index is 13.6. The Labute approximate surface area is 217 Å². The molecule has 2 aliphatic rings. The van der Waals surface area contributed by atoms with Crippen molar-refractivity contribution in [3.05, 3.63) is 77.5 Å². The van der Waals surface area contributed by atoms with Crippen molar-refractivity contribution in [3.8, 4) is 5.75 Å². The molecular weight excluding hydrogens is 513 g/mol. The number of rotatable bonds is 4.